The van der Waals surface area contributed by atoms with Gasteiger partial charge in [0.05, 0.1) is 0 Å². The average molecular weight is 253 g/mol. The molecule has 0 spiro atoms. The van der Waals surface area contributed by atoms with Crippen molar-refractivity contribution in [3.63, 3.8) is 0 Å². The molecule has 2 atom stereocenters. The summed E-state index contributed by atoms with van der Waals surface area (Å²) in [5.41, 5.74) is 0. The third-order valence-corrected chi connectivity index (χ3v) is 4.36. The molecule has 2 unspecified atom stereocenters. The molecule has 2 fully saturated rings. The molecule has 2 heterocycles. The zero-order chi connectivity index (χ0) is 13.0. The van der Waals surface area contributed by atoms with Gasteiger partial charge in [-0.15, -0.1) is 0 Å². The van der Waals surface area contributed by atoms with Crippen molar-refractivity contribution in [1.82, 2.24) is 15.5 Å². The molecule has 4 nitrogen and oxygen atoms in total. The van der Waals surface area contributed by atoms with Gasteiger partial charge in [0.15, 0.2) is 0 Å². The van der Waals surface area contributed by atoms with Gasteiger partial charge in [0.2, 0.25) is 5.91 Å². The SMILES string of the molecule is CCNC1CC2CCCC(C1)N2CCNC(C)=O. The molecule has 2 N–H and O–H groups in total. The highest BCUT2D eigenvalue weighted by molar-refractivity contribution is 5.72. The maximum atomic E-state index is 10.9. The molecular weight excluding hydrogens is 226 g/mol. The number of hydrogen-bond donors (Lipinski definition) is 2. The van der Waals surface area contributed by atoms with Crippen LogP contribution in [0.4, 0.5) is 0 Å². The van der Waals surface area contributed by atoms with E-state index in [0.29, 0.717) is 6.04 Å². The van der Waals surface area contributed by atoms with Gasteiger partial charge in [-0.2, -0.15) is 0 Å². The number of fused-ring (bicyclic) bond motifs is 2. The van der Waals surface area contributed by atoms with Gasteiger partial charge in [0, 0.05) is 38.1 Å². The van der Waals surface area contributed by atoms with E-state index in [1.807, 2.05) is 0 Å². The Balaban J connectivity index is 1.85. The second kappa shape index (κ2) is 6.53. The maximum Gasteiger partial charge on any atom is 0.216 e. The second-order valence-corrected chi connectivity index (χ2v) is 5.69. The summed E-state index contributed by atoms with van der Waals surface area (Å²) in [5, 5.41) is 6.53. The molecule has 18 heavy (non-hydrogen) atoms. The molecule has 2 aliphatic heterocycles. The molecule has 4 heteroatoms. The Morgan fingerprint density at radius 2 is 1.94 bits per heavy atom. The van der Waals surface area contributed by atoms with Crippen LogP contribution in [0.25, 0.3) is 0 Å². The first-order valence-electron chi connectivity index (χ1n) is 7.44. The maximum absolute atomic E-state index is 10.9. The van der Waals surface area contributed by atoms with Crippen LogP contribution in [0.5, 0.6) is 0 Å². The third-order valence-electron chi connectivity index (χ3n) is 4.36. The van der Waals surface area contributed by atoms with Crippen LogP contribution in [0, 0.1) is 0 Å². The minimum atomic E-state index is 0.0858. The first-order chi connectivity index (χ1) is 8.70. The monoisotopic (exact) mass is 253 g/mol. The van der Waals surface area contributed by atoms with Crippen molar-refractivity contribution in [2.75, 3.05) is 19.6 Å². The molecule has 0 radical (unpaired) electrons. The van der Waals surface area contributed by atoms with Crippen LogP contribution in [0.1, 0.15) is 46.0 Å². The molecule has 2 aliphatic rings. The molecule has 1 amide bonds. The summed E-state index contributed by atoms with van der Waals surface area (Å²) in [6, 6.07) is 2.17. The Morgan fingerprint density at radius 3 is 2.50 bits per heavy atom. The van der Waals surface area contributed by atoms with Crippen LogP contribution in [0.2, 0.25) is 0 Å². The van der Waals surface area contributed by atoms with Crippen LogP contribution in [-0.2, 0) is 4.79 Å². The van der Waals surface area contributed by atoms with Crippen molar-refractivity contribution in [3.05, 3.63) is 0 Å². The molecular formula is C14H27N3O. The number of carbonyl (C=O) groups excluding carboxylic acids is 1. The number of nitrogens with one attached hydrogen (secondary N) is 2. The topological polar surface area (TPSA) is 44.4 Å². The molecule has 0 aliphatic carbocycles. The third kappa shape index (κ3) is 3.45. The average Bonchev–Trinajstić information content (AvgIpc) is 2.29. The van der Waals surface area contributed by atoms with Crippen LogP contribution >= 0.6 is 0 Å². The number of hydrogen-bond acceptors (Lipinski definition) is 3. The highest BCUT2D eigenvalue weighted by Gasteiger charge is 2.37. The number of piperidine rings is 2. The summed E-state index contributed by atoms with van der Waals surface area (Å²) in [4.78, 5) is 13.6. The number of rotatable bonds is 5. The van der Waals surface area contributed by atoms with Crippen LogP contribution in [0.3, 0.4) is 0 Å². The van der Waals surface area contributed by atoms with Gasteiger partial charge in [-0.25, -0.2) is 0 Å². The summed E-state index contributed by atoms with van der Waals surface area (Å²) in [6.45, 7) is 6.69. The lowest BCUT2D eigenvalue weighted by Gasteiger charge is -2.49. The summed E-state index contributed by atoms with van der Waals surface area (Å²) in [6.07, 6.45) is 6.61. The van der Waals surface area contributed by atoms with E-state index in [0.717, 1.165) is 31.7 Å². The van der Waals surface area contributed by atoms with Crippen molar-refractivity contribution >= 4 is 5.91 Å². The summed E-state index contributed by atoms with van der Waals surface area (Å²) < 4.78 is 0. The van der Waals surface area contributed by atoms with Gasteiger partial charge >= 0.3 is 0 Å². The van der Waals surface area contributed by atoms with Gasteiger partial charge in [0.25, 0.3) is 0 Å². The quantitative estimate of drug-likeness (QED) is 0.771. The van der Waals surface area contributed by atoms with E-state index in [1.54, 1.807) is 6.92 Å². The number of amides is 1. The van der Waals surface area contributed by atoms with Crippen molar-refractivity contribution in [2.24, 2.45) is 0 Å². The van der Waals surface area contributed by atoms with Crippen LogP contribution < -0.4 is 10.6 Å². The largest absolute Gasteiger partial charge is 0.355 e. The van der Waals surface area contributed by atoms with Crippen molar-refractivity contribution < 1.29 is 4.79 Å². The predicted octanol–water partition coefficient (Wildman–Crippen LogP) is 1.12. The van der Waals surface area contributed by atoms with Crippen molar-refractivity contribution in [3.8, 4) is 0 Å². The highest BCUT2D eigenvalue weighted by Crippen LogP contribution is 2.33. The fraction of sp³-hybridized carbons (Fsp3) is 0.929. The first kappa shape index (κ1) is 13.8. The lowest BCUT2D eigenvalue weighted by Crippen LogP contribution is -2.57. The van der Waals surface area contributed by atoms with E-state index in [1.165, 1.54) is 32.1 Å². The second-order valence-electron chi connectivity index (χ2n) is 5.69. The van der Waals surface area contributed by atoms with Crippen LogP contribution in [-0.4, -0.2) is 48.6 Å². The molecule has 2 bridgehead atoms. The first-order valence-corrected chi connectivity index (χ1v) is 7.44. The van der Waals surface area contributed by atoms with E-state index in [9.17, 15) is 4.79 Å². The van der Waals surface area contributed by atoms with Crippen LogP contribution in [0.15, 0.2) is 0 Å². The zero-order valence-electron chi connectivity index (χ0n) is 11.7. The van der Waals surface area contributed by atoms with Crippen molar-refractivity contribution in [1.29, 1.82) is 0 Å². The van der Waals surface area contributed by atoms with Gasteiger partial charge in [-0.1, -0.05) is 13.3 Å². The summed E-state index contributed by atoms with van der Waals surface area (Å²) in [5.74, 6) is 0.0858. The standard InChI is InChI=1S/C14H27N3O/c1-3-15-12-9-13-5-4-6-14(10-12)17(13)8-7-16-11(2)18/h12-15H,3-10H2,1-2H3,(H,16,18). The van der Waals surface area contributed by atoms with Gasteiger partial charge in [-0.3, -0.25) is 9.69 Å². The van der Waals surface area contributed by atoms with E-state index in [-0.39, 0.29) is 5.91 Å². The summed E-state index contributed by atoms with van der Waals surface area (Å²) in [7, 11) is 0. The Labute approximate surface area is 110 Å². The Kier molecular flexibility index (Phi) is 5.01. The fourth-order valence-corrected chi connectivity index (χ4v) is 3.66. The smallest absolute Gasteiger partial charge is 0.216 e. The molecule has 0 saturated carbocycles. The van der Waals surface area contributed by atoms with Crippen molar-refractivity contribution in [2.45, 2.75) is 64.1 Å². The lowest BCUT2D eigenvalue weighted by atomic mass is 9.81. The van der Waals surface area contributed by atoms with E-state index < -0.39 is 0 Å². The zero-order valence-corrected chi connectivity index (χ0v) is 11.7. The van der Waals surface area contributed by atoms with Gasteiger partial charge < -0.3 is 10.6 Å². The lowest BCUT2D eigenvalue weighted by molar-refractivity contribution is -0.119. The van der Waals surface area contributed by atoms with E-state index in [4.69, 9.17) is 0 Å². The molecule has 2 saturated heterocycles. The Bertz CT molecular complexity index is 268. The van der Waals surface area contributed by atoms with Gasteiger partial charge in [0.1, 0.15) is 0 Å². The number of carbonyl (C=O) groups is 1. The molecule has 0 aromatic rings. The fourth-order valence-electron chi connectivity index (χ4n) is 3.66. The van der Waals surface area contributed by atoms with Gasteiger partial charge in [-0.05, 0) is 32.2 Å². The molecule has 0 aromatic heterocycles. The Hall–Kier alpha value is -0.610. The van der Waals surface area contributed by atoms with E-state index in [2.05, 4.69) is 22.5 Å². The predicted molar refractivity (Wildman–Crippen MR) is 73.5 cm³/mol. The number of nitrogens with zero attached hydrogens (tertiary/aromatic N) is 1. The minimum Gasteiger partial charge on any atom is -0.355 e. The minimum absolute atomic E-state index is 0.0858. The summed E-state index contributed by atoms with van der Waals surface area (Å²) >= 11 is 0. The molecule has 0 aromatic carbocycles. The molecule has 2 rings (SSSR count). The normalized spacial score (nSPS) is 32.2. The van der Waals surface area contributed by atoms with E-state index >= 15 is 0 Å². The Morgan fingerprint density at radius 1 is 1.28 bits per heavy atom. The highest BCUT2D eigenvalue weighted by atomic mass is 16.1. The molecule has 104 valence electrons.